The maximum Gasteiger partial charge on any atom is 0.123 e. The van der Waals surface area contributed by atoms with E-state index in [1.54, 1.807) is 0 Å². The van der Waals surface area contributed by atoms with Gasteiger partial charge in [0.05, 0.1) is 13.2 Å². The first-order valence-electron chi connectivity index (χ1n) is 7.56. The molecule has 1 aliphatic heterocycles. The number of benzene rings is 1. The molecule has 20 heavy (non-hydrogen) atoms. The lowest BCUT2D eigenvalue weighted by Crippen LogP contribution is -2.57. The fourth-order valence-corrected chi connectivity index (χ4v) is 3.80. The van der Waals surface area contributed by atoms with E-state index in [0.717, 1.165) is 44.7 Å². The molecule has 1 unspecified atom stereocenters. The number of hydrogen-bond donors (Lipinski definition) is 1. The Kier molecular flexibility index (Phi) is 4.06. The van der Waals surface area contributed by atoms with Gasteiger partial charge in [-0.1, -0.05) is 25.0 Å². The van der Waals surface area contributed by atoms with Gasteiger partial charge < -0.3 is 10.5 Å². The van der Waals surface area contributed by atoms with E-state index < -0.39 is 0 Å². The lowest BCUT2D eigenvalue weighted by molar-refractivity contribution is -0.0311. The molecule has 4 heteroatoms. The van der Waals surface area contributed by atoms with Crippen LogP contribution in [0.15, 0.2) is 24.3 Å². The summed E-state index contributed by atoms with van der Waals surface area (Å²) >= 11 is 0. The first kappa shape index (κ1) is 14.0. The molecular weight excluding hydrogens is 255 g/mol. The molecule has 1 aromatic rings. The van der Waals surface area contributed by atoms with Crippen LogP contribution < -0.4 is 5.73 Å². The van der Waals surface area contributed by atoms with E-state index in [9.17, 15) is 4.39 Å². The second-order valence-corrected chi connectivity index (χ2v) is 5.94. The quantitative estimate of drug-likeness (QED) is 0.923. The van der Waals surface area contributed by atoms with Crippen LogP contribution in [0.4, 0.5) is 4.39 Å². The molecule has 0 aromatic heterocycles. The number of morpholine rings is 1. The van der Waals surface area contributed by atoms with Crippen molar-refractivity contribution in [2.75, 3.05) is 26.3 Å². The van der Waals surface area contributed by atoms with Crippen molar-refractivity contribution in [2.45, 2.75) is 37.3 Å². The van der Waals surface area contributed by atoms with Crippen molar-refractivity contribution in [1.29, 1.82) is 0 Å². The molecular formula is C16H23FN2O. The molecule has 2 N–H and O–H groups in total. The van der Waals surface area contributed by atoms with Gasteiger partial charge in [0.15, 0.2) is 0 Å². The van der Waals surface area contributed by atoms with E-state index in [4.69, 9.17) is 10.5 Å². The number of hydrogen-bond acceptors (Lipinski definition) is 3. The van der Waals surface area contributed by atoms with Gasteiger partial charge in [-0.3, -0.25) is 4.90 Å². The SMILES string of the molecule is NC(c1ccc(F)cc1)C1(N2CCOCC2)CCCC1. The molecule has 0 spiro atoms. The number of nitrogens with two attached hydrogens (primary N) is 1. The Morgan fingerprint density at radius 1 is 1.10 bits per heavy atom. The summed E-state index contributed by atoms with van der Waals surface area (Å²) in [7, 11) is 0. The standard InChI is InChI=1S/C16H23FN2O/c17-14-5-3-13(4-6-14)15(18)16(7-1-2-8-16)19-9-11-20-12-10-19/h3-6,15H,1-2,7-12,18H2. The summed E-state index contributed by atoms with van der Waals surface area (Å²) in [5.74, 6) is -0.201. The molecule has 1 heterocycles. The van der Waals surface area contributed by atoms with E-state index in [0.29, 0.717) is 0 Å². The molecule has 1 saturated carbocycles. The molecule has 1 aromatic carbocycles. The average Bonchev–Trinajstić information content (AvgIpc) is 2.99. The smallest absolute Gasteiger partial charge is 0.123 e. The van der Waals surface area contributed by atoms with Crippen LogP contribution in [0.5, 0.6) is 0 Å². The highest BCUT2D eigenvalue weighted by molar-refractivity contribution is 5.24. The molecule has 1 aliphatic carbocycles. The van der Waals surface area contributed by atoms with Crippen molar-refractivity contribution in [3.05, 3.63) is 35.6 Å². The van der Waals surface area contributed by atoms with Gasteiger partial charge in [-0.2, -0.15) is 0 Å². The van der Waals surface area contributed by atoms with E-state index in [1.807, 2.05) is 12.1 Å². The molecule has 1 atom stereocenters. The fourth-order valence-electron chi connectivity index (χ4n) is 3.80. The monoisotopic (exact) mass is 278 g/mol. The van der Waals surface area contributed by atoms with Gasteiger partial charge in [0.25, 0.3) is 0 Å². The third-order valence-corrected chi connectivity index (χ3v) is 4.92. The van der Waals surface area contributed by atoms with E-state index >= 15 is 0 Å². The first-order chi connectivity index (χ1) is 9.72. The van der Waals surface area contributed by atoms with Crippen LogP contribution in [-0.4, -0.2) is 36.7 Å². The van der Waals surface area contributed by atoms with Crippen molar-refractivity contribution in [3.8, 4) is 0 Å². The number of ether oxygens (including phenoxy) is 1. The van der Waals surface area contributed by atoms with Crippen LogP contribution in [0, 0.1) is 5.82 Å². The lowest BCUT2D eigenvalue weighted by atomic mass is 9.82. The average molecular weight is 278 g/mol. The zero-order chi connectivity index (χ0) is 14.0. The van der Waals surface area contributed by atoms with Gasteiger partial charge in [0.2, 0.25) is 0 Å². The zero-order valence-corrected chi connectivity index (χ0v) is 11.9. The molecule has 0 radical (unpaired) electrons. The highest BCUT2D eigenvalue weighted by Crippen LogP contribution is 2.43. The molecule has 1 saturated heterocycles. The Morgan fingerprint density at radius 3 is 2.30 bits per heavy atom. The van der Waals surface area contributed by atoms with Crippen LogP contribution in [0.1, 0.15) is 37.3 Å². The summed E-state index contributed by atoms with van der Waals surface area (Å²) in [5.41, 5.74) is 7.68. The molecule has 2 aliphatic rings. The predicted molar refractivity (Wildman–Crippen MR) is 76.9 cm³/mol. The van der Waals surface area contributed by atoms with Crippen LogP contribution in [0.3, 0.4) is 0 Å². The van der Waals surface area contributed by atoms with Crippen molar-refractivity contribution in [2.24, 2.45) is 5.73 Å². The predicted octanol–water partition coefficient (Wildman–Crippen LogP) is 2.47. The Morgan fingerprint density at radius 2 is 1.70 bits per heavy atom. The first-order valence-corrected chi connectivity index (χ1v) is 7.56. The normalized spacial score (nSPS) is 24.7. The maximum atomic E-state index is 13.1. The van der Waals surface area contributed by atoms with Crippen molar-refractivity contribution >= 4 is 0 Å². The highest BCUT2D eigenvalue weighted by Gasteiger charge is 2.45. The largest absolute Gasteiger partial charge is 0.379 e. The van der Waals surface area contributed by atoms with Gasteiger partial charge in [-0.15, -0.1) is 0 Å². The number of rotatable bonds is 3. The van der Waals surface area contributed by atoms with Gasteiger partial charge in [-0.25, -0.2) is 4.39 Å². The molecule has 0 bridgehead atoms. The maximum absolute atomic E-state index is 13.1. The molecule has 110 valence electrons. The Labute approximate surface area is 119 Å². The zero-order valence-electron chi connectivity index (χ0n) is 11.9. The van der Waals surface area contributed by atoms with Crippen LogP contribution in [-0.2, 0) is 4.74 Å². The Hall–Kier alpha value is -0.970. The van der Waals surface area contributed by atoms with Crippen LogP contribution in [0.2, 0.25) is 0 Å². The van der Waals surface area contributed by atoms with Gasteiger partial charge in [0.1, 0.15) is 5.82 Å². The molecule has 0 amide bonds. The molecule has 3 rings (SSSR count). The van der Waals surface area contributed by atoms with E-state index in [1.165, 1.54) is 25.0 Å². The van der Waals surface area contributed by atoms with Crippen LogP contribution >= 0.6 is 0 Å². The third-order valence-electron chi connectivity index (χ3n) is 4.92. The van der Waals surface area contributed by atoms with E-state index in [-0.39, 0.29) is 17.4 Å². The number of halogens is 1. The minimum atomic E-state index is -0.201. The topological polar surface area (TPSA) is 38.5 Å². The Balaban J connectivity index is 1.87. The summed E-state index contributed by atoms with van der Waals surface area (Å²) in [6.07, 6.45) is 4.72. The van der Waals surface area contributed by atoms with Crippen molar-refractivity contribution < 1.29 is 9.13 Å². The summed E-state index contributed by atoms with van der Waals surface area (Å²) in [6.45, 7) is 3.49. The van der Waals surface area contributed by atoms with Gasteiger partial charge in [0, 0.05) is 24.7 Å². The van der Waals surface area contributed by atoms with Gasteiger partial charge >= 0.3 is 0 Å². The van der Waals surface area contributed by atoms with Crippen molar-refractivity contribution in [3.63, 3.8) is 0 Å². The summed E-state index contributed by atoms with van der Waals surface area (Å²) in [4.78, 5) is 2.51. The minimum Gasteiger partial charge on any atom is -0.379 e. The number of nitrogens with zero attached hydrogens (tertiary/aromatic N) is 1. The third kappa shape index (κ3) is 2.48. The molecule has 2 fully saturated rings. The highest BCUT2D eigenvalue weighted by atomic mass is 19.1. The second-order valence-electron chi connectivity index (χ2n) is 5.94. The van der Waals surface area contributed by atoms with Crippen molar-refractivity contribution in [1.82, 2.24) is 4.90 Å². The fraction of sp³-hybridized carbons (Fsp3) is 0.625. The minimum absolute atomic E-state index is 0.0294. The summed E-state index contributed by atoms with van der Waals surface area (Å²) in [6, 6.07) is 6.64. The summed E-state index contributed by atoms with van der Waals surface area (Å²) in [5, 5.41) is 0. The summed E-state index contributed by atoms with van der Waals surface area (Å²) < 4.78 is 18.6. The molecule has 3 nitrogen and oxygen atoms in total. The second kappa shape index (κ2) is 5.80. The lowest BCUT2D eigenvalue weighted by Gasteiger charge is -2.47. The van der Waals surface area contributed by atoms with Gasteiger partial charge in [-0.05, 0) is 30.5 Å². The Bertz CT molecular complexity index is 436. The van der Waals surface area contributed by atoms with Crippen LogP contribution in [0.25, 0.3) is 0 Å². The van der Waals surface area contributed by atoms with E-state index in [2.05, 4.69) is 4.90 Å².